The minimum Gasteiger partial charge on any atom is -0.366 e. The Morgan fingerprint density at radius 2 is 2.15 bits per heavy atom. The van der Waals surface area contributed by atoms with Gasteiger partial charge >= 0.3 is 6.30 Å². The summed E-state index contributed by atoms with van der Waals surface area (Å²) in [7, 11) is 0. The number of alkyl halides is 3. The third-order valence-electron chi connectivity index (χ3n) is 1.50. The van der Waals surface area contributed by atoms with Crippen molar-refractivity contribution in [2.24, 2.45) is 5.73 Å². The lowest BCUT2D eigenvalue weighted by atomic mass is 10.2. The Kier molecular flexibility index (Phi) is 2.31. The summed E-state index contributed by atoms with van der Waals surface area (Å²) in [5, 5.41) is 0. The molecule has 72 valence electrons. The van der Waals surface area contributed by atoms with Crippen LogP contribution in [-0.2, 0) is 4.79 Å². The highest BCUT2D eigenvalue weighted by molar-refractivity contribution is 5.94. The Bertz CT molecular complexity index is 280. The summed E-state index contributed by atoms with van der Waals surface area (Å²) in [6.07, 6.45) is -1.27. The van der Waals surface area contributed by atoms with Crippen molar-refractivity contribution >= 4 is 5.91 Å². The molecule has 0 fully saturated rings. The molecule has 0 aromatic carbocycles. The molecule has 6 heteroatoms. The van der Waals surface area contributed by atoms with Crippen molar-refractivity contribution in [3.8, 4) is 0 Å². The number of hydrogen-bond donors (Lipinski definition) is 1. The second-order valence-corrected chi connectivity index (χ2v) is 2.47. The number of carbonyl (C=O) groups is 1. The van der Waals surface area contributed by atoms with Gasteiger partial charge in [0.2, 0.25) is 5.91 Å². The number of rotatable bonds is 1. The maximum absolute atomic E-state index is 12.1. The molecule has 0 radical (unpaired) electrons. The Hall–Kier alpha value is -1.46. The molecular formula is C7H7F3N2O. The van der Waals surface area contributed by atoms with E-state index in [0.717, 1.165) is 0 Å². The molecule has 3 nitrogen and oxygen atoms in total. The molecule has 13 heavy (non-hydrogen) atoms. The van der Waals surface area contributed by atoms with Gasteiger partial charge in [-0.05, 0) is 0 Å². The highest BCUT2D eigenvalue weighted by Gasteiger charge is 2.35. The van der Waals surface area contributed by atoms with Crippen molar-refractivity contribution in [2.45, 2.75) is 6.30 Å². The Morgan fingerprint density at radius 3 is 2.62 bits per heavy atom. The van der Waals surface area contributed by atoms with Gasteiger partial charge in [-0.2, -0.15) is 13.2 Å². The van der Waals surface area contributed by atoms with Crippen LogP contribution in [0.2, 0.25) is 0 Å². The molecule has 1 heterocycles. The first-order chi connectivity index (χ1) is 5.91. The molecule has 0 aliphatic carbocycles. The van der Waals surface area contributed by atoms with Gasteiger partial charge in [0.1, 0.15) is 0 Å². The van der Waals surface area contributed by atoms with Crippen LogP contribution < -0.4 is 5.73 Å². The number of hydrogen-bond acceptors (Lipinski definition) is 2. The van der Waals surface area contributed by atoms with Gasteiger partial charge in [0.05, 0.1) is 5.57 Å². The maximum atomic E-state index is 12.1. The normalized spacial score (nSPS) is 17.2. The first-order valence-corrected chi connectivity index (χ1v) is 3.43. The van der Waals surface area contributed by atoms with Crippen LogP contribution in [0.1, 0.15) is 0 Å². The zero-order chi connectivity index (χ0) is 10.1. The number of carbonyl (C=O) groups excluding carboxylic acids is 1. The Labute approximate surface area is 72.3 Å². The lowest BCUT2D eigenvalue weighted by Crippen LogP contribution is -2.36. The largest absolute Gasteiger partial charge is 0.484 e. The topological polar surface area (TPSA) is 46.3 Å². The van der Waals surface area contributed by atoms with E-state index < -0.39 is 12.2 Å². The van der Waals surface area contributed by atoms with Crippen molar-refractivity contribution in [3.63, 3.8) is 0 Å². The lowest BCUT2D eigenvalue weighted by Gasteiger charge is -2.24. The number of amides is 1. The molecule has 0 saturated heterocycles. The molecule has 0 aromatic heterocycles. The summed E-state index contributed by atoms with van der Waals surface area (Å²) in [4.78, 5) is 10.6. The van der Waals surface area contributed by atoms with Crippen LogP contribution in [0.25, 0.3) is 0 Å². The predicted molar refractivity (Wildman–Crippen MR) is 39.2 cm³/mol. The van der Waals surface area contributed by atoms with Crippen LogP contribution in [0.5, 0.6) is 0 Å². The monoisotopic (exact) mass is 192 g/mol. The summed E-state index contributed by atoms with van der Waals surface area (Å²) in [6.45, 7) is -0.291. The number of halogens is 3. The van der Waals surface area contributed by atoms with Crippen molar-refractivity contribution in [1.29, 1.82) is 0 Å². The molecule has 0 aromatic rings. The zero-order valence-electron chi connectivity index (χ0n) is 6.51. The molecule has 1 aliphatic heterocycles. The number of nitrogens with zero attached hydrogens (tertiary/aromatic N) is 1. The average Bonchev–Trinajstić information content (AvgIpc) is 2.03. The quantitative estimate of drug-likeness (QED) is 0.623. The van der Waals surface area contributed by atoms with Gasteiger partial charge in [0.15, 0.2) is 0 Å². The van der Waals surface area contributed by atoms with Crippen molar-refractivity contribution in [3.05, 3.63) is 23.9 Å². The Morgan fingerprint density at radius 1 is 1.54 bits per heavy atom. The fourth-order valence-electron chi connectivity index (χ4n) is 0.879. The van der Waals surface area contributed by atoms with Gasteiger partial charge in [-0.1, -0.05) is 12.2 Å². The molecule has 1 amide bonds. The summed E-state index contributed by atoms with van der Waals surface area (Å²) >= 11 is 0. The molecule has 0 bridgehead atoms. The van der Waals surface area contributed by atoms with Crippen LogP contribution in [0.4, 0.5) is 13.2 Å². The van der Waals surface area contributed by atoms with E-state index in [-0.39, 0.29) is 17.0 Å². The lowest BCUT2D eigenvalue weighted by molar-refractivity contribution is -0.224. The van der Waals surface area contributed by atoms with Crippen molar-refractivity contribution in [2.75, 3.05) is 6.54 Å². The first kappa shape index (κ1) is 9.63. The molecule has 2 N–H and O–H groups in total. The fourth-order valence-corrected chi connectivity index (χ4v) is 0.879. The van der Waals surface area contributed by atoms with E-state index in [4.69, 9.17) is 5.73 Å². The number of nitrogens with two attached hydrogens (primary N) is 1. The minimum atomic E-state index is -4.47. The molecule has 0 atom stereocenters. The molecular weight excluding hydrogens is 185 g/mol. The van der Waals surface area contributed by atoms with E-state index >= 15 is 0 Å². The Balaban J connectivity index is 2.85. The average molecular weight is 192 g/mol. The molecule has 1 rings (SSSR count). The summed E-state index contributed by atoms with van der Waals surface area (Å²) in [6, 6.07) is 0. The van der Waals surface area contributed by atoms with Gasteiger partial charge in [0, 0.05) is 12.7 Å². The van der Waals surface area contributed by atoms with E-state index in [0.29, 0.717) is 6.20 Å². The van der Waals surface area contributed by atoms with E-state index in [2.05, 4.69) is 0 Å². The third kappa shape index (κ3) is 2.24. The zero-order valence-corrected chi connectivity index (χ0v) is 6.51. The predicted octanol–water partition coefficient (Wildman–Crippen LogP) is 0.747. The van der Waals surface area contributed by atoms with E-state index in [1.807, 2.05) is 0 Å². The third-order valence-corrected chi connectivity index (χ3v) is 1.50. The second kappa shape index (κ2) is 3.12. The van der Waals surface area contributed by atoms with Gasteiger partial charge in [-0.15, -0.1) is 0 Å². The number of primary amides is 1. The van der Waals surface area contributed by atoms with Gasteiger partial charge in [-0.3, -0.25) is 9.69 Å². The van der Waals surface area contributed by atoms with Gasteiger partial charge < -0.3 is 5.73 Å². The van der Waals surface area contributed by atoms with Crippen LogP contribution in [0, 0.1) is 0 Å². The maximum Gasteiger partial charge on any atom is 0.484 e. The summed E-state index contributed by atoms with van der Waals surface area (Å²) < 4.78 is 36.2. The van der Waals surface area contributed by atoms with Crippen LogP contribution in [-0.4, -0.2) is 23.7 Å². The molecule has 1 aliphatic rings. The summed E-state index contributed by atoms with van der Waals surface area (Å²) in [5.74, 6) is -0.870. The van der Waals surface area contributed by atoms with Gasteiger partial charge in [-0.25, -0.2) is 0 Å². The van der Waals surface area contributed by atoms with E-state index in [9.17, 15) is 18.0 Å². The van der Waals surface area contributed by atoms with E-state index in [1.54, 1.807) is 0 Å². The highest BCUT2D eigenvalue weighted by atomic mass is 19.4. The smallest absolute Gasteiger partial charge is 0.366 e. The van der Waals surface area contributed by atoms with Crippen LogP contribution >= 0.6 is 0 Å². The second-order valence-electron chi connectivity index (χ2n) is 2.47. The van der Waals surface area contributed by atoms with Crippen molar-refractivity contribution < 1.29 is 18.0 Å². The van der Waals surface area contributed by atoms with Crippen molar-refractivity contribution in [1.82, 2.24) is 4.90 Å². The first-order valence-electron chi connectivity index (χ1n) is 3.43. The molecule has 0 saturated carbocycles. The minimum absolute atomic E-state index is 0.0904. The molecule has 0 spiro atoms. The van der Waals surface area contributed by atoms with Crippen LogP contribution in [0.15, 0.2) is 23.9 Å². The summed E-state index contributed by atoms with van der Waals surface area (Å²) in [5.41, 5.74) is 4.67. The fraction of sp³-hybridized carbons (Fsp3) is 0.286. The van der Waals surface area contributed by atoms with E-state index in [1.165, 1.54) is 12.2 Å². The van der Waals surface area contributed by atoms with Gasteiger partial charge in [0.25, 0.3) is 0 Å². The highest BCUT2D eigenvalue weighted by Crippen LogP contribution is 2.24. The SMILES string of the molecule is NC(=O)C1=CN(C(F)(F)F)CC=C1. The standard InChI is InChI=1S/C7H7F3N2O/c8-7(9,10)12-3-1-2-5(4-12)6(11)13/h1-2,4H,3H2,(H2,11,13). The van der Waals surface area contributed by atoms with Crippen LogP contribution in [0.3, 0.4) is 0 Å². The molecule has 0 unspecified atom stereocenters.